The molecule has 0 amide bonds. The summed E-state index contributed by atoms with van der Waals surface area (Å²) in [6.07, 6.45) is 4.10. The van der Waals surface area contributed by atoms with Crippen LogP contribution in [0, 0.1) is 16.0 Å². The van der Waals surface area contributed by atoms with Crippen LogP contribution in [0.3, 0.4) is 0 Å². The van der Waals surface area contributed by atoms with Crippen LogP contribution in [0.15, 0.2) is 46.9 Å². The molecule has 0 unspecified atom stereocenters. The van der Waals surface area contributed by atoms with Gasteiger partial charge in [-0.3, -0.25) is 15.0 Å². The van der Waals surface area contributed by atoms with E-state index >= 15 is 0 Å². The van der Waals surface area contributed by atoms with Crippen molar-refractivity contribution in [2.45, 2.75) is 38.3 Å². The highest BCUT2D eigenvalue weighted by Gasteiger charge is 2.34. The van der Waals surface area contributed by atoms with Crippen molar-refractivity contribution in [2.75, 3.05) is 6.54 Å². The Morgan fingerprint density at radius 2 is 2.00 bits per heavy atom. The summed E-state index contributed by atoms with van der Waals surface area (Å²) in [6, 6.07) is 14.4. The fourth-order valence-corrected chi connectivity index (χ4v) is 4.86. The van der Waals surface area contributed by atoms with E-state index in [-0.39, 0.29) is 4.92 Å². The molecule has 1 saturated heterocycles. The summed E-state index contributed by atoms with van der Waals surface area (Å²) in [6.45, 7) is 2.00. The highest BCUT2D eigenvalue weighted by molar-refractivity contribution is 9.10. The Labute approximate surface area is 156 Å². The molecule has 0 N–H and O–H groups in total. The fraction of sp³-hybridized carbons (Fsp3) is 0.400. The lowest BCUT2D eigenvalue weighted by Gasteiger charge is -2.42. The topological polar surface area (TPSA) is 46.4 Å². The third-order valence-corrected chi connectivity index (χ3v) is 6.08. The molecule has 0 spiro atoms. The summed E-state index contributed by atoms with van der Waals surface area (Å²) in [5.41, 5.74) is 3.74. The lowest BCUT2D eigenvalue weighted by molar-refractivity contribution is -0.385. The number of nitro groups is 1. The Kier molecular flexibility index (Phi) is 4.61. The van der Waals surface area contributed by atoms with Crippen LogP contribution in [0.5, 0.6) is 0 Å². The molecule has 25 heavy (non-hydrogen) atoms. The van der Waals surface area contributed by atoms with E-state index in [0.717, 1.165) is 42.4 Å². The molecule has 1 fully saturated rings. The third-order valence-electron chi connectivity index (χ3n) is 5.59. The van der Waals surface area contributed by atoms with Gasteiger partial charge in [-0.2, -0.15) is 0 Å². The maximum atomic E-state index is 11.5. The Morgan fingerprint density at radius 3 is 2.80 bits per heavy atom. The van der Waals surface area contributed by atoms with E-state index in [9.17, 15) is 10.1 Å². The molecular formula is C20H21BrN2O2. The van der Waals surface area contributed by atoms with Crippen LogP contribution < -0.4 is 0 Å². The van der Waals surface area contributed by atoms with Crippen LogP contribution in [-0.2, 0) is 19.4 Å². The minimum absolute atomic E-state index is 0.216. The highest BCUT2D eigenvalue weighted by atomic mass is 79.9. The first-order valence-electron chi connectivity index (χ1n) is 8.84. The van der Waals surface area contributed by atoms with Crippen LogP contribution in [0.2, 0.25) is 0 Å². The van der Waals surface area contributed by atoms with Crippen LogP contribution in [-0.4, -0.2) is 22.4 Å². The Hall–Kier alpha value is -1.72. The molecule has 2 aromatic rings. The van der Waals surface area contributed by atoms with E-state index in [4.69, 9.17) is 0 Å². The molecule has 2 aliphatic heterocycles. The molecule has 5 rings (SSSR count). The highest BCUT2D eigenvalue weighted by Crippen LogP contribution is 2.36. The van der Waals surface area contributed by atoms with Gasteiger partial charge in [-0.25, -0.2) is 0 Å². The molecule has 2 atom stereocenters. The maximum absolute atomic E-state index is 11.5. The number of nitro benzene ring substituents is 1. The molecule has 0 radical (unpaired) electrons. The number of benzene rings is 2. The lowest BCUT2D eigenvalue weighted by atomic mass is 9.79. The number of piperidine rings is 1. The first-order chi connectivity index (χ1) is 12.1. The third kappa shape index (κ3) is 3.48. The van der Waals surface area contributed by atoms with Gasteiger partial charge in [0.15, 0.2) is 0 Å². The molecule has 2 heterocycles. The van der Waals surface area contributed by atoms with Crippen molar-refractivity contribution in [2.24, 2.45) is 5.92 Å². The van der Waals surface area contributed by atoms with Crippen LogP contribution in [0.4, 0.5) is 5.69 Å². The van der Waals surface area contributed by atoms with Crippen molar-refractivity contribution in [1.82, 2.24) is 4.90 Å². The van der Waals surface area contributed by atoms with Gasteiger partial charge in [0, 0.05) is 35.2 Å². The summed E-state index contributed by atoms with van der Waals surface area (Å²) in [7, 11) is 0. The predicted octanol–water partition coefficient (Wildman–Crippen LogP) is 4.74. The average molecular weight is 401 g/mol. The SMILES string of the molecule is O=[N+]([O-])c1cccc2c1C[C@H]1CC[C@H](C2)CN1Cc1cccc(Br)c1. The van der Waals surface area contributed by atoms with Crippen molar-refractivity contribution >= 4 is 21.6 Å². The lowest BCUT2D eigenvalue weighted by Crippen LogP contribution is -2.46. The summed E-state index contributed by atoms with van der Waals surface area (Å²) >= 11 is 3.55. The van der Waals surface area contributed by atoms with E-state index < -0.39 is 0 Å². The van der Waals surface area contributed by atoms with E-state index in [1.807, 2.05) is 12.1 Å². The Bertz CT molecular complexity index is 808. The van der Waals surface area contributed by atoms with Gasteiger partial charge in [-0.1, -0.05) is 40.2 Å². The van der Waals surface area contributed by atoms with Crippen molar-refractivity contribution in [3.8, 4) is 0 Å². The van der Waals surface area contributed by atoms with Gasteiger partial charge in [0.1, 0.15) is 0 Å². The number of halogens is 1. The van der Waals surface area contributed by atoms with E-state index in [1.165, 1.54) is 17.5 Å². The Morgan fingerprint density at radius 1 is 1.16 bits per heavy atom. The zero-order valence-electron chi connectivity index (χ0n) is 14.0. The van der Waals surface area contributed by atoms with Crippen LogP contribution >= 0.6 is 15.9 Å². The molecule has 3 aliphatic rings. The first kappa shape index (κ1) is 16.7. The number of rotatable bonds is 3. The first-order valence-corrected chi connectivity index (χ1v) is 9.63. The largest absolute Gasteiger partial charge is 0.296 e. The van der Waals surface area contributed by atoms with Crippen molar-refractivity contribution in [1.29, 1.82) is 0 Å². The molecule has 1 aliphatic carbocycles. The quantitative estimate of drug-likeness (QED) is 0.552. The normalized spacial score (nSPS) is 22.9. The number of hydrogen-bond acceptors (Lipinski definition) is 3. The summed E-state index contributed by atoms with van der Waals surface area (Å²) in [5.74, 6) is 0.587. The van der Waals surface area contributed by atoms with Crippen molar-refractivity contribution in [3.05, 3.63) is 73.7 Å². The van der Waals surface area contributed by atoms with E-state index in [0.29, 0.717) is 17.6 Å². The zero-order chi connectivity index (χ0) is 17.4. The monoisotopic (exact) mass is 400 g/mol. The smallest absolute Gasteiger partial charge is 0.272 e. The van der Waals surface area contributed by atoms with Gasteiger partial charge in [0.05, 0.1) is 4.92 Å². The molecule has 130 valence electrons. The zero-order valence-corrected chi connectivity index (χ0v) is 15.6. The molecule has 4 nitrogen and oxygen atoms in total. The van der Waals surface area contributed by atoms with Gasteiger partial charge in [-0.05, 0) is 54.9 Å². The fourth-order valence-electron chi connectivity index (χ4n) is 4.41. The molecule has 0 saturated carbocycles. The van der Waals surface area contributed by atoms with Crippen LogP contribution in [0.1, 0.15) is 29.5 Å². The second-order valence-electron chi connectivity index (χ2n) is 7.24. The maximum Gasteiger partial charge on any atom is 0.272 e. The average Bonchev–Trinajstić information content (AvgIpc) is 2.55. The Balaban J connectivity index is 1.64. The summed E-state index contributed by atoms with van der Waals surface area (Å²) in [4.78, 5) is 13.8. The van der Waals surface area contributed by atoms with Gasteiger partial charge in [0.2, 0.25) is 0 Å². The van der Waals surface area contributed by atoms with Gasteiger partial charge < -0.3 is 0 Å². The van der Waals surface area contributed by atoms with E-state index in [1.54, 1.807) is 6.07 Å². The van der Waals surface area contributed by atoms with Gasteiger partial charge in [0.25, 0.3) is 5.69 Å². The van der Waals surface area contributed by atoms with Crippen molar-refractivity contribution in [3.63, 3.8) is 0 Å². The predicted molar refractivity (Wildman–Crippen MR) is 102 cm³/mol. The summed E-state index contributed by atoms with van der Waals surface area (Å²) < 4.78 is 1.10. The standard InChI is InChI=1S/C20H21BrN2O2/c21-17-5-1-3-14(10-17)12-22-13-15-7-8-18(22)11-19-16(9-15)4-2-6-20(19)23(24)25/h1-6,10,15,18H,7-9,11-13H2/t15-,18-/m1/s1. The van der Waals surface area contributed by atoms with Crippen LogP contribution in [0.25, 0.3) is 0 Å². The van der Waals surface area contributed by atoms with Gasteiger partial charge in [-0.15, -0.1) is 0 Å². The molecule has 2 aromatic carbocycles. The minimum atomic E-state index is -0.216. The van der Waals surface area contributed by atoms with Gasteiger partial charge >= 0.3 is 0 Å². The molecule has 5 heteroatoms. The molecular weight excluding hydrogens is 380 g/mol. The molecule has 0 aromatic heterocycles. The van der Waals surface area contributed by atoms with E-state index in [2.05, 4.69) is 45.1 Å². The molecule has 2 bridgehead atoms. The minimum Gasteiger partial charge on any atom is -0.296 e. The summed E-state index contributed by atoms with van der Waals surface area (Å²) in [5, 5.41) is 11.5. The number of fused-ring (bicyclic) bond motifs is 2. The second-order valence-corrected chi connectivity index (χ2v) is 8.15. The van der Waals surface area contributed by atoms with Crippen molar-refractivity contribution < 1.29 is 4.92 Å². The number of hydrogen-bond donors (Lipinski definition) is 0. The second kappa shape index (κ2) is 6.89. The number of nitrogens with zero attached hydrogens (tertiary/aromatic N) is 2.